The first kappa shape index (κ1) is 5.98. The van der Waals surface area contributed by atoms with E-state index in [2.05, 4.69) is 15.9 Å². The van der Waals surface area contributed by atoms with Gasteiger partial charge in [-0.05, 0) is 6.08 Å². The number of rotatable bonds is 0. The molecule has 0 aliphatic heterocycles. The lowest BCUT2D eigenvalue weighted by molar-refractivity contribution is -0.114. The lowest BCUT2D eigenvalue weighted by atomic mass is 10.3. The summed E-state index contributed by atoms with van der Waals surface area (Å²) in [7, 11) is 0. The van der Waals surface area contributed by atoms with E-state index in [4.69, 9.17) is 5.11 Å². The molecule has 44 valence electrons. The van der Waals surface area contributed by atoms with E-state index < -0.39 is 10.9 Å². The number of carbonyl (C=O) groups excluding carboxylic acids is 1. The molecule has 0 unspecified atom stereocenters. The van der Waals surface area contributed by atoms with Crippen LogP contribution in [0.1, 0.15) is 0 Å². The van der Waals surface area contributed by atoms with E-state index in [0.29, 0.717) is 0 Å². The number of ketones is 1. The first-order valence-corrected chi connectivity index (χ1v) is 3.17. The van der Waals surface area contributed by atoms with Crippen molar-refractivity contribution in [3.8, 4) is 0 Å². The number of aliphatic hydroxyl groups is 1. The van der Waals surface area contributed by atoms with Gasteiger partial charge in [-0.3, -0.25) is 4.79 Å². The molecular formula is C5H5BrO2. The summed E-state index contributed by atoms with van der Waals surface area (Å²) in [5, 5.41) is 8.81. The van der Waals surface area contributed by atoms with Gasteiger partial charge >= 0.3 is 0 Å². The highest BCUT2D eigenvalue weighted by atomic mass is 79.9. The molecule has 1 aliphatic carbocycles. The molecule has 0 aromatic rings. The lowest BCUT2D eigenvalue weighted by Crippen LogP contribution is -2.18. The minimum absolute atomic E-state index is 0.0579. The summed E-state index contributed by atoms with van der Waals surface area (Å²) in [6.45, 7) is 0. The molecule has 0 amide bonds. The fourth-order valence-electron chi connectivity index (χ4n) is 0.551. The fraction of sp³-hybridized carbons (Fsp3) is 0.400. The number of aliphatic hydroxyl groups excluding tert-OH is 1. The van der Waals surface area contributed by atoms with Crippen LogP contribution < -0.4 is 0 Å². The van der Waals surface area contributed by atoms with Crippen molar-refractivity contribution in [2.24, 2.45) is 0 Å². The molecule has 0 radical (unpaired) electrons. The maximum atomic E-state index is 10.5. The van der Waals surface area contributed by atoms with Gasteiger partial charge < -0.3 is 5.11 Å². The minimum atomic E-state index is -0.623. The van der Waals surface area contributed by atoms with Crippen LogP contribution in [-0.4, -0.2) is 21.8 Å². The summed E-state index contributed by atoms with van der Waals surface area (Å²) in [5.74, 6) is -0.0579. The Morgan fingerprint density at radius 1 is 1.75 bits per heavy atom. The largest absolute Gasteiger partial charge is 0.387 e. The molecule has 0 saturated carbocycles. The molecule has 0 heterocycles. The highest BCUT2D eigenvalue weighted by molar-refractivity contribution is 9.10. The molecule has 0 bridgehead atoms. The predicted molar refractivity (Wildman–Crippen MR) is 32.9 cm³/mol. The van der Waals surface area contributed by atoms with Crippen LogP contribution in [0.4, 0.5) is 0 Å². The van der Waals surface area contributed by atoms with Gasteiger partial charge in [0.25, 0.3) is 0 Å². The molecule has 1 N–H and O–H groups in total. The van der Waals surface area contributed by atoms with E-state index in [0.717, 1.165) is 0 Å². The van der Waals surface area contributed by atoms with Gasteiger partial charge in [-0.2, -0.15) is 0 Å². The summed E-state index contributed by atoms with van der Waals surface area (Å²) in [6.07, 6.45) is 2.23. The van der Waals surface area contributed by atoms with Crippen LogP contribution >= 0.6 is 15.9 Å². The van der Waals surface area contributed by atoms with Crippen molar-refractivity contribution in [2.45, 2.75) is 10.9 Å². The van der Waals surface area contributed by atoms with Gasteiger partial charge in [0.15, 0.2) is 5.78 Å². The molecule has 2 atom stereocenters. The zero-order chi connectivity index (χ0) is 6.15. The second-order valence-electron chi connectivity index (χ2n) is 1.65. The third-order valence-electron chi connectivity index (χ3n) is 1.03. The summed E-state index contributed by atoms with van der Waals surface area (Å²) in [4.78, 5) is 10.1. The van der Waals surface area contributed by atoms with Gasteiger partial charge in [0.1, 0.15) is 4.83 Å². The highest BCUT2D eigenvalue weighted by Crippen LogP contribution is 2.14. The van der Waals surface area contributed by atoms with Crippen molar-refractivity contribution >= 4 is 21.7 Å². The quantitative estimate of drug-likeness (QED) is 0.538. The highest BCUT2D eigenvalue weighted by Gasteiger charge is 2.24. The average molecular weight is 177 g/mol. The Labute approximate surface area is 55.3 Å². The molecule has 0 aromatic carbocycles. The number of carbonyl (C=O) groups is 1. The average Bonchev–Trinajstić information content (AvgIpc) is 1.98. The first-order valence-electron chi connectivity index (χ1n) is 2.26. The van der Waals surface area contributed by atoms with Crippen LogP contribution in [0.2, 0.25) is 0 Å². The van der Waals surface area contributed by atoms with Gasteiger partial charge in [-0.25, -0.2) is 0 Å². The zero-order valence-electron chi connectivity index (χ0n) is 4.04. The van der Waals surface area contributed by atoms with Crippen LogP contribution in [0.3, 0.4) is 0 Å². The van der Waals surface area contributed by atoms with E-state index in [1.54, 1.807) is 0 Å². The van der Waals surface area contributed by atoms with E-state index in [-0.39, 0.29) is 5.78 Å². The number of halogens is 1. The second kappa shape index (κ2) is 1.99. The van der Waals surface area contributed by atoms with Crippen LogP contribution in [0.15, 0.2) is 12.2 Å². The van der Waals surface area contributed by atoms with E-state index in [1.807, 2.05) is 0 Å². The molecule has 0 aromatic heterocycles. The van der Waals surface area contributed by atoms with Crippen molar-refractivity contribution in [3.63, 3.8) is 0 Å². The monoisotopic (exact) mass is 176 g/mol. The van der Waals surface area contributed by atoms with Gasteiger partial charge in [0.05, 0.1) is 6.10 Å². The van der Waals surface area contributed by atoms with Crippen molar-refractivity contribution < 1.29 is 9.90 Å². The van der Waals surface area contributed by atoms with E-state index >= 15 is 0 Å². The van der Waals surface area contributed by atoms with Gasteiger partial charge in [-0.15, -0.1) is 0 Å². The molecule has 8 heavy (non-hydrogen) atoms. The number of hydrogen-bond acceptors (Lipinski definition) is 2. The van der Waals surface area contributed by atoms with Crippen LogP contribution in [0.25, 0.3) is 0 Å². The molecule has 1 aliphatic rings. The molecule has 2 nitrogen and oxygen atoms in total. The topological polar surface area (TPSA) is 37.3 Å². The Balaban J connectivity index is 2.69. The summed E-state index contributed by atoms with van der Waals surface area (Å²) < 4.78 is 0. The van der Waals surface area contributed by atoms with Crippen LogP contribution in [0, 0.1) is 0 Å². The zero-order valence-corrected chi connectivity index (χ0v) is 5.63. The first-order chi connectivity index (χ1) is 3.72. The maximum absolute atomic E-state index is 10.5. The van der Waals surface area contributed by atoms with Gasteiger partial charge in [0.2, 0.25) is 0 Å². The van der Waals surface area contributed by atoms with Crippen molar-refractivity contribution in [1.29, 1.82) is 0 Å². The Morgan fingerprint density at radius 2 is 2.38 bits per heavy atom. The lowest BCUT2D eigenvalue weighted by Gasteiger charge is -2.00. The molecule has 3 heteroatoms. The summed E-state index contributed by atoms with van der Waals surface area (Å²) in [5.41, 5.74) is 0. The Kier molecular flexibility index (Phi) is 1.49. The number of allylic oxidation sites excluding steroid dienone is 1. The van der Waals surface area contributed by atoms with Gasteiger partial charge in [-0.1, -0.05) is 22.0 Å². The maximum Gasteiger partial charge on any atom is 0.172 e. The predicted octanol–water partition coefficient (Wildman–Crippen LogP) is 0.250. The molecule has 0 spiro atoms. The summed E-state index contributed by atoms with van der Waals surface area (Å²) in [6, 6.07) is 0. The Bertz CT molecular complexity index is 141. The van der Waals surface area contributed by atoms with Crippen LogP contribution in [-0.2, 0) is 4.79 Å². The molecular weight excluding hydrogens is 172 g/mol. The van der Waals surface area contributed by atoms with Crippen molar-refractivity contribution in [1.82, 2.24) is 0 Å². The van der Waals surface area contributed by atoms with E-state index in [9.17, 15) is 4.79 Å². The molecule has 0 fully saturated rings. The van der Waals surface area contributed by atoms with E-state index in [1.165, 1.54) is 12.2 Å². The fourth-order valence-corrected chi connectivity index (χ4v) is 0.880. The smallest absolute Gasteiger partial charge is 0.172 e. The molecule has 0 saturated heterocycles. The third kappa shape index (κ3) is 0.833. The standard InChI is InChI=1S/C5H5BrO2/c6-5-3(7)1-2-4(5)8/h1-3,5,7H/t3-,5+/m1/s1. The Hall–Kier alpha value is -0.150. The van der Waals surface area contributed by atoms with Crippen molar-refractivity contribution in [3.05, 3.63) is 12.2 Å². The SMILES string of the molecule is O=C1C=C[C@@H](O)[C@@H]1Br. The normalized spacial score (nSPS) is 36.5. The Morgan fingerprint density at radius 3 is 2.50 bits per heavy atom. The summed E-state index contributed by atoms with van der Waals surface area (Å²) >= 11 is 3.01. The number of hydrogen-bond donors (Lipinski definition) is 1. The third-order valence-corrected chi connectivity index (χ3v) is 2.02. The van der Waals surface area contributed by atoms with Crippen molar-refractivity contribution in [2.75, 3.05) is 0 Å². The van der Waals surface area contributed by atoms with Crippen LogP contribution in [0.5, 0.6) is 0 Å². The second-order valence-corrected chi connectivity index (χ2v) is 2.64. The van der Waals surface area contributed by atoms with Gasteiger partial charge in [0, 0.05) is 0 Å². The molecule has 1 rings (SSSR count). The minimum Gasteiger partial charge on any atom is -0.387 e. The number of alkyl halides is 1.